The van der Waals surface area contributed by atoms with Gasteiger partial charge in [-0.15, -0.1) is 0 Å². The highest BCUT2D eigenvalue weighted by molar-refractivity contribution is 6.30. The third-order valence-corrected chi connectivity index (χ3v) is 3.13. The maximum atomic E-state index is 13.6. The number of nitrogens with zero attached hydrogens (tertiary/aromatic N) is 1. The summed E-state index contributed by atoms with van der Waals surface area (Å²) in [6.07, 6.45) is 0. The molecule has 0 atom stereocenters. The van der Waals surface area contributed by atoms with Crippen LogP contribution in [0.25, 0.3) is 0 Å². The molecule has 1 saturated heterocycles. The topological polar surface area (TPSA) is 15.3 Å². The fourth-order valence-corrected chi connectivity index (χ4v) is 1.85. The van der Waals surface area contributed by atoms with Crippen molar-refractivity contribution >= 4 is 11.6 Å². The van der Waals surface area contributed by atoms with E-state index < -0.39 is 0 Å². The molecule has 82 valence electrons. The number of likely N-dealkylation sites (N-methyl/N-ethyl adjacent to an activating group) is 1. The summed E-state index contributed by atoms with van der Waals surface area (Å²) in [4.78, 5) is 2.14. The molecule has 1 aromatic rings. The third kappa shape index (κ3) is 2.30. The van der Waals surface area contributed by atoms with Gasteiger partial charge in [0, 0.05) is 31.2 Å². The van der Waals surface area contributed by atoms with Crippen LogP contribution in [0.3, 0.4) is 0 Å². The molecule has 1 aliphatic heterocycles. The first-order chi connectivity index (χ1) is 7.18. The van der Waals surface area contributed by atoms with Crippen molar-refractivity contribution < 1.29 is 4.39 Å². The monoisotopic (exact) mass is 228 g/mol. The maximum absolute atomic E-state index is 13.6. The zero-order valence-electron chi connectivity index (χ0n) is 8.63. The first-order valence-electron chi connectivity index (χ1n) is 5.02. The summed E-state index contributed by atoms with van der Waals surface area (Å²) in [7, 11) is 2.01. The minimum atomic E-state index is -0.293. The molecule has 1 heterocycles. The van der Waals surface area contributed by atoms with E-state index in [1.54, 1.807) is 18.2 Å². The van der Waals surface area contributed by atoms with Gasteiger partial charge in [-0.25, -0.2) is 4.39 Å². The van der Waals surface area contributed by atoms with Gasteiger partial charge < -0.3 is 5.32 Å². The fraction of sp³-hybridized carbons (Fsp3) is 0.455. The van der Waals surface area contributed by atoms with Crippen molar-refractivity contribution in [3.05, 3.63) is 34.6 Å². The van der Waals surface area contributed by atoms with Crippen LogP contribution in [0.15, 0.2) is 18.2 Å². The van der Waals surface area contributed by atoms with Crippen molar-refractivity contribution in [1.82, 2.24) is 10.2 Å². The van der Waals surface area contributed by atoms with E-state index in [-0.39, 0.29) is 10.8 Å². The molecule has 0 bridgehead atoms. The first kappa shape index (κ1) is 10.9. The van der Waals surface area contributed by atoms with Gasteiger partial charge in [0.2, 0.25) is 0 Å². The van der Waals surface area contributed by atoms with E-state index in [0.29, 0.717) is 18.2 Å². The van der Waals surface area contributed by atoms with E-state index in [1.807, 2.05) is 7.05 Å². The predicted molar refractivity (Wildman–Crippen MR) is 59.5 cm³/mol. The molecule has 1 aromatic carbocycles. The Labute approximate surface area is 94.0 Å². The van der Waals surface area contributed by atoms with Crippen LogP contribution in [-0.2, 0) is 6.54 Å². The number of halogens is 2. The molecule has 0 aromatic heterocycles. The molecule has 1 fully saturated rings. The van der Waals surface area contributed by atoms with E-state index in [1.165, 1.54) is 0 Å². The standard InChI is InChI=1S/C11H14ClFN2/c1-15(9-5-14-6-9)7-8-3-2-4-10(12)11(8)13/h2-4,9,14H,5-7H2,1H3. The Kier molecular flexibility index (Phi) is 3.24. The Balaban J connectivity index is 2.06. The van der Waals surface area contributed by atoms with Gasteiger partial charge in [-0.05, 0) is 13.1 Å². The molecule has 0 radical (unpaired) electrons. The lowest BCUT2D eigenvalue weighted by Crippen LogP contribution is -2.55. The number of nitrogens with one attached hydrogen (secondary N) is 1. The lowest BCUT2D eigenvalue weighted by Gasteiger charge is -2.35. The van der Waals surface area contributed by atoms with E-state index in [4.69, 9.17) is 11.6 Å². The molecule has 0 spiro atoms. The van der Waals surface area contributed by atoms with Crippen LogP contribution >= 0.6 is 11.6 Å². The largest absolute Gasteiger partial charge is 0.314 e. The molecule has 1 N–H and O–H groups in total. The second-order valence-corrected chi connectivity index (χ2v) is 4.35. The summed E-state index contributed by atoms with van der Waals surface area (Å²) in [5, 5.41) is 3.39. The van der Waals surface area contributed by atoms with Gasteiger partial charge in [-0.1, -0.05) is 23.7 Å². The van der Waals surface area contributed by atoms with Crippen molar-refractivity contribution in [2.75, 3.05) is 20.1 Å². The Morgan fingerprint density at radius 2 is 2.27 bits per heavy atom. The van der Waals surface area contributed by atoms with E-state index >= 15 is 0 Å². The highest BCUT2D eigenvalue weighted by atomic mass is 35.5. The van der Waals surface area contributed by atoms with E-state index in [9.17, 15) is 4.39 Å². The van der Waals surface area contributed by atoms with Gasteiger partial charge in [-0.2, -0.15) is 0 Å². The zero-order valence-corrected chi connectivity index (χ0v) is 9.39. The van der Waals surface area contributed by atoms with Crippen LogP contribution in [-0.4, -0.2) is 31.1 Å². The van der Waals surface area contributed by atoms with E-state index in [0.717, 1.165) is 13.1 Å². The SMILES string of the molecule is CN(Cc1cccc(Cl)c1F)C1CNC1. The second-order valence-electron chi connectivity index (χ2n) is 3.94. The third-order valence-electron chi connectivity index (χ3n) is 2.83. The Morgan fingerprint density at radius 3 is 2.87 bits per heavy atom. The summed E-state index contributed by atoms with van der Waals surface area (Å²) in [5.41, 5.74) is 0.664. The fourth-order valence-electron chi connectivity index (χ4n) is 1.65. The molecule has 0 unspecified atom stereocenters. The van der Waals surface area contributed by atoms with Gasteiger partial charge in [-0.3, -0.25) is 4.90 Å². The lowest BCUT2D eigenvalue weighted by molar-refractivity contribution is 0.171. The summed E-state index contributed by atoms with van der Waals surface area (Å²) in [6.45, 7) is 2.58. The average molecular weight is 229 g/mol. The van der Waals surface area contributed by atoms with Gasteiger partial charge in [0.25, 0.3) is 0 Å². The first-order valence-corrected chi connectivity index (χ1v) is 5.40. The van der Waals surface area contributed by atoms with Gasteiger partial charge in [0.1, 0.15) is 5.82 Å². The molecule has 0 amide bonds. The predicted octanol–water partition coefficient (Wildman–Crippen LogP) is 1.88. The van der Waals surface area contributed by atoms with Crippen molar-refractivity contribution in [1.29, 1.82) is 0 Å². The number of hydrogen-bond donors (Lipinski definition) is 1. The van der Waals surface area contributed by atoms with Crippen LogP contribution < -0.4 is 5.32 Å². The molecular weight excluding hydrogens is 215 g/mol. The number of hydrogen-bond acceptors (Lipinski definition) is 2. The molecule has 15 heavy (non-hydrogen) atoms. The Morgan fingerprint density at radius 1 is 1.53 bits per heavy atom. The lowest BCUT2D eigenvalue weighted by atomic mass is 10.1. The molecule has 1 aliphatic rings. The van der Waals surface area contributed by atoms with Crippen molar-refractivity contribution in [2.45, 2.75) is 12.6 Å². The van der Waals surface area contributed by atoms with Crippen LogP contribution in [0.4, 0.5) is 4.39 Å². The summed E-state index contributed by atoms with van der Waals surface area (Å²) in [5.74, 6) is -0.293. The Bertz CT molecular complexity index is 352. The van der Waals surface area contributed by atoms with Gasteiger partial charge in [0.05, 0.1) is 5.02 Å². The molecule has 0 aliphatic carbocycles. The van der Waals surface area contributed by atoms with Gasteiger partial charge in [0.15, 0.2) is 0 Å². The quantitative estimate of drug-likeness (QED) is 0.850. The molecular formula is C11H14ClFN2. The summed E-state index contributed by atoms with van der Waals surface area (Å²) < 4.78 is 13.6. The summed E-state index contributed by atoms with van der Waals surface area (Å²) >= 11 is 5.72. The van der Waals surface area contributed by atoms with Crippen molar-refractivity contribution in [3.63, 3.8) is 0 Å². The minimum absolute atomic E-state index is 0.202. The average Bonchev–Trinajstić information content (AvgIpc) is 2.10. The normalized spacial score (nSPS) is 16.8. The highest BCUT2D eigenvalue weighted by Gasteiger charge is 2.22. The zero-order chi connectivity index (χ0) is 10.8. The van der Waals surface area contributed by atoms with Crippen molar-refractivity contribution in [2.24, 2.45) is 0 Å². The van der Waals surface area contributed by atoms with Crippen molar-refractivity contribution in [3.8, 4) is 0 Å². The van der Waals surface area contributed by atoms with Gasteiger partial charge >= 0.3 is 0 Å². The molecule has 2 nitrogen and oxygen atoms in total. The molecule has 2 rings (SSSR count). The van der Waals surface area contributed by atoms with E-state index in [2.05, 4.69) is 10.2 Å². The van der Waals surface area contributed by atoms with Crippen LogP contribution in [0.1, 0.15) is 5.56 Å². The molecule has 4 heteroatoms. The van der Waals surface area contributed by atoms with Crippen LogP contribution in [0.5, 0.6) is 0 Å². The number of benzene rings is 1. The Hall–Kier alpha value is -0.640. The highest BCUT2D eigenvalue weighted by Crippen LogP contribution is 2.19. The summed E-state index contributed by atoms with van der Waals surface area (Å²) in [6, 6.07) is 5.66. The second kappa shape index (κ2) is 4.47. The van der Waals surface area contributed by atoms with Crippen LogP contribution in [0, 0.1) is 5.82 Å². The minimum Gasteiger partial charge on any atom is -0.314 e. The maximum Gasteiger partial charge on any atom is 0.146 e. The smallest absolute Gasteiger partial charge is 0.146 e. The van der Waals surface area contributed by atoms with Crippen LogP contribution in [0.2, 0.25) is 5.02 Å². The molecule has 0 saturated carbocycles. The number of rotatable bonds is 3.